The molecule has 2 unspecified atom stereocenters. The minimum Gasteiger partial charge on any atom is -0.508 e. The van der Waals surface area contributed by atoms with E-state index < -0.39 is 0 Å². The van der Waals surface area contributed by atoms with Crippen molar-refractivity contribution in [3.05, 3.63) is 29.3 Å². The third kappa shape index (κ3) is 2.92. The average Bonchev–Trinajstić information content (AvgIpc) is 3.59. The smallest absolute Gasteiger partial charge is 0.320 e. The van der Waals surface area contributed by atoms with Crippen LogP contribution < -0.4 is 0 Å². The first-order chi connectivity index (χ1) is 17.9. The standard InChI is InChI=1S/C30H40N4O3/c1-19(35)31-10-12-32(13-11-31)28(37)34-18-22-16-29-7-6-25(34)27(22)30(29)8-9-33(17-20-2-3-20)26(29)14-21-4-5-23(36)15-24(21)30/h4-5,15,20,22,25-27,36H,2-3,6-14,16-18H2,1H3/t22-,25?,26-,27?,29-,30+/m1/s1. The number of fused-ring (bicyclic) bond motifs is 1. The van der Waals surface area contributed by atoms with Gasteiger partial charge < -0.3 is 19.8 Å². The van der Waals surface area contributed by atoms with E-state index in [9.17, 15) is 14.7 Å². The van der Waals surface area contributed by atoms with Gasteiger partial charge in [-0.25, -0.2) is 4.79 Å². The third-order valence-corrected chi connectivity index (χ3v) is 12.0. The van der Waals surface area contributed by atoms with Crippen LogP contribution >= 0.6 is 0 Å². The number of likely N-dealkylation sites (tertiary alicyclic amines) is 2. The van der Waals surface area contributed by atoms with Crippen molar-refractivity contribution in [2.75, 3.05) is 45.8 Å². The number of urea groups is 1. The third-order valence-electron chi connectivity index (χ3n) is 12.0. The number of hydrogen-bond acceptors (Lipinski definition) is 4. The van der Waals surface area contributed by atoms with Crippen molar-refractivity contribution in [3.8, 4) is 5.75 Å². The fourth-order valence-corrected chi connectivity index (χ4v) is 10.6. The first-order valence-electron chi connectivity index (χ1n) is 14.8. The molecular weight excluding hydrogens is 464 g/mol. The molecule has 3 amide bonds. The zero-order chi connectivity index (χ0) is 25.1. The van der Waals surface area contributed by atoms with Crippen LogP contribution in [0.4, 0.5) is 4.79 Å². The SMILES string of the molecule is CC(=O)N1CCN(C(=O)N2C[C@H]3C[C@@]45CCC2C3[C@@]42CCN(CC3CC3)[C@@H]5Cc3ccc(O)cc32)CC1. The quantitative estimate of drug-likeness (QED) is 0.672. The van der Waals surface area contributed by atoms with Crippen molar-refractivity contribution in [1.82, 2.24) is 19.6 Å². The van der Waals surface area contributed by atoms with E-state index in [1.807, 2.05) is 15.9 Å². The number of carbonyl (C=O) groups excluding carboxylic acids is 2. The molecule has 8 rings (SSSR count). The number of aromatic hydroxyl groups is 1. The number of hydrogen-bond donors (Lipinski definition) is 1. The molecule has 4 bridgehead atoms. The second-order valence-corrected chi connectivity index (χ2v) is 13.4. The van der Waals surface area contributed by atoms with Crippen LogP contribution in [0.25, 0.3) is 0 Å². The van der Waals surface area contributed by atoms with Gasteiger partial charge in [0.05, 0.1) is 0 Å². The van der Waals surface area contributed by atoms with Gasteiger partial charge in [0.15, 0.2) is 0 Å². The van der Waals surface area contributed by atoms with Gasteiger partial charge in [0, 0.05) is 63.7 Å². The van der Waals surface area contributed by atoms with E-state index >= 15 is 0 Å². The number of amides is 3. The maximum atomic E-state index is 13.9. The molecular formula is C30H40N4O3. The summed E-state index contributed by atoms with van der Waals surface area (Å²) in [7, 11) is 0. The Morgan fingerprint density at radius 1 is 1.03 bits per heavy atom. The molecule has 7 aliphatic rings. The van der Waals surface area contributed by atoms with Crippen molar-refractivity contribution in [2.45, 2.75) is 69.4 Å². The molecule has 4 aliphatic carbocycles. The van der Waals surface area contributed by atoms with Crippen LogP contribution in [-0.2, 0) is 16.6 Å². The Bertz CT molecular complexity index is 1160. The van der Waals surface area contributed by atoms with Gasteiger partial charge in [-0.3, -0.25) is 9.69 Å². The molecule has 0 spiro atoms. The van der Waals surface area contributed by atoms with E-state index in [1.165, 1.54) is 49.8 Å². The van der Waals surface area contributed by atoms with Gasteiger partial charge in [0.2, 0.25) is 5.91 Å². The molecule has 198 valence electrons. The summed E-state index contributed by atoms with van der Waals surface area (Å²) in [5.41, 5.74) is 3.25. The zero-order valence-corrected chi connectivity index (χ0v) is 22.1. The average molecular weight is 505 g/mol. The largest absolute Gasteiger partial charge is 0.508 e. The lowest BCUT2D eigenvalue weighted by molar-refractivity contribution is -0.130. The number of piperazine rings is 1. The topological polar surface area (TPSA) is 67.3 Å². The minimum atomic E-state index is 0.0833. The molecule has 3 heterocycles. The van der Waals surface area contributed by atoms with Crippen molar-refractivity contribution in [1.29, 1.82) is 0 Å². The lowest BCUT2D eigenvalue weighted by Crippen LogP contribution is -2.70. The van der Waals surface area contributed by atoms with Crippen LogP contribution in [0.3, 0.4) is 0 Å². The zero-order valence-electron chi connectivity index (χ0n) is 22.1. The molecule has 0 aromatic heterocycles. The number of rotatable bonds is 2. The fraction of sp³-hybridized carbons (Fsp3) is 0.733. The van der Waals surface area contributed by atoms with E-state index in [0.717, 1.165) is 31.8 Å². The highest BCUT2D eigenvalue weighted by molar-refractivity contribution is 5.77. The van der Waals surface area contributed by atoms with Gasteiger partial charge >= 0.3 is 6.03 Å². The highest BCUT2D eigenvalue weighted by atomic mass is 16.3. The molecule has 7 nitrogen and oxygen atoms in total. The Hall–Kier alpha value is -2.28. The van der Waals surface area contributed by atoms with Gasteiger partial charge in [-0.05, 0) is 97.9 Å². The summed E-state index contributed by atoms with van der Waals surface area (Å²) in [4.78, 5) is 34.7. The molecule has 7 heteroatoms. The van der Waals surface area contributed by atoms with Gasteiger partial charge in [-0.1, -0.05) is 6.07 Å². The molecule has 3 saturated carbocycles. The Morgan fingerprint density at radius 2 is 1.81 bits per heavy atom. The Labute approximate surface area is 219 Å². The second-order valence-electron chi connectivity index (χ2n) is 13.4. The van der Waals surface area contributed by atoms with Crippen LogP contribution in [0.15, 0.2) is 18.2 Å². The lowest BCUT2D eigenvalue weighted by Gasteiger charge is -2.66. The normalized spacial score (nSPS) is 40.0. The molecule has 0 radical (unpaired) electrons. The predicted octanol–water partition coefficient (Wildman–Crippen LogP) is 3.06. The highest BCUT2D eigenvalue weighted by Gasteiger charge is 2.76. The van der Waals surface area contributed by atoms with Gasteiger partial charge in [0.25, 0.3) is 0 Å². The van der Waals surface area contributed by atoms with Crippen LogP contribution in [0.2, 0.25) is 0 Å². The Morgan fingerprint density at radius 3 is 2.57 bits per heavy atom. The predicted molar refractivity (Wildman–Crippen MR) is 139 cm³/mol. The Balaban J connectivity index is 1.15. The summed E-state index contributed by atoms with van der Waals surface area (Å²) in [5.74, 6) is 2.45. The number of carbonyl (C=O) groups is 2. The van der Waals surface area contributed by atoms with E-state index in [-0.39, 0.29) is 22.8 Å². The number of phenolic OH excluding ortho intramolecular Hbond substituents is 1. The summed E-state index contributed by atoms with van der Waals surface area (Å²) in [6.07, 6.45) is 8.64. The molecule has 37 heavy (non-hydrogen) atoms. The summed E-state index contributed by atoms with van der Waals surface area (Å²) < 4.78 is 0. The number of phenols is 1. The van der Waals surface area contributed by atoms with E-state index in [1.54, 1.807) is 6.92 Å². The second kappa shape index (κ2) is 7.64. The van der Waals surface area contributed by atoms with Gasteiger partial charge in [-0.15, -0.1) is 0 Å². The van der Waals surface area contributed by atoms with Gasteiger partial charge in [0.1, 0.15) is 5.75 Å². The van der Waals surface area contributed by atoms with E-state index in [4.69, 9.17) is 0 Å². The molecule has 1 aromatic carbocycles. The van der Waals surface area contributed by atoms with E-state index in [0.29, 0.717) is 55.8 Å². The monoisotopic (exact) mass is 504 g/mol. The molecule has 1 aromatic rings. The summed E-state index contributed by atoms with van der Waals surface area (Å²) in [6, 6.07) is 7.32. The van der Waals surface area contributed by atoms with Crippen LogP contribution in [0.1, 0.15) is 56.6 Å². The van der Waals surface area contributed by atoms with Crippen molar-refractivity contribution in [2.24, 2.45) is 23.2 Å². The van der Waals surface area contributed by atoms with Crippen molar-refractivity contribution < 1.29 is 14.7 Å². The first-order valence-corrected chi connectivity index (χ1v) is 14.8. The molecule has 1 N–H and O–H groups in total. The summed E-state index contributed by atoms with van der Waals surface area (Å²) in [6.45, 7) is 7.50. The molecule has 6 fully saturated rings. The van der Waals surface area contributed by atoms with Crippen molar-refractivity contribution in [3.63, 3.8) is 0 Å². The van der Waals surface area contributed by atoms with Crippen molar-refractivity contribution >= 4 is 11.9 Å². The lowest BCUT2D eigenvalue weighted by atomic mass is 9.43. The molecule has 3 aliphatic heterocycles. The van der Waals surface area contributed by atoms with Crippen LogP contribution in [0, 0.1) is 23.2 Å². The van der Waals surface area contributed by atoms with Crippen LogP contribution in [0.5, 0.6) is 5.75 Å². The number of piperidine rings is 1. The highest BCUT2D eigenvalue weighted by Crippen LogP contribution is 2.75. The Kier molecular flexibility index (Phi) is 4.69. The number of benzene rings is 1. The fourth-order valence-electron chi connectivity index (χ4n) is 10.6. The first kappa shape index (κ1) is 22.7. The van der Waals surface area contributed by atoms with Crippen LogP contribution in [-0.4, -0.2) is 94.5 Å². The molecule has 6 atom stereocenters. The summed E-state index contributed by atoms with van der Waals surface area (Å²) >= 11 is 0. The molecule has 3 saturated heterocycles. The van der Waals surface area contributed by atoms with E-state index in [2.05, 4.69) is 21.9 Å². The maximum Gasteiger partial charge on any atom is 0.320 e. The minimum absolute atomic E-state index is 0.0833. The summed E-state index contributed by atoms with van der Waals surface area (Å²) in [5, 5.41) is 10.7. The number of nitrogens with zero attached hydrogens (tertiary/aromatic N) is 4. The maximum absolute atomic E-state index is 13.9. The van der Waals surface area contributed by atoms with Gasteiger partial charge in [-0.2, -0.15) is 0 Å².